The van der Waals surface area contributed by atoms with Crippen molar-refractivity contribution in [2.24, 2.45) is 5.41 Å². The van der Waals surface area contributed by atoms with E-state index in [1.54, 1.807) is 0 Å². The maximum absolute atomic E-state index is 11.9. The van der Waals surface area contributed by atoms with Crippen LogP contribution in [0.25, 0.3) is 0 Å². The number of nitrogens with one attached hydrogen (secondary N) is 2. The van der Waals surface area contributed by atoms with Gasteiger partial charge in [-0.2, -0.15) is 0 Å². The maximum Gasteiger partial charge on any atom is 0.238 e. The summed E-state index contributed by atoms with van der Waals surface area (Å²) in [5.41, 5.74) is 0.191. The van der Waals surface area contributed by atoms with Crippen LogP contribution in [0.5, 0.6) is 0 Å². The van der Waals surface area contributed by atoms with Gasteiger partial charge < -0.3 is 15.5 Å². The summed E-state index contributed by atoms with van der Waals surface area (Å²) >= 11 is 0. The number of amides is 1. The highest BCUT2D eigenvalue weighted by molar-refractivity contribution is 5.82. The molecule has 1 heterocycles. The molecule has 4 heteroatoms. The summed E-state index contributed by atoms with van der Waals surface area (Å²) in [5.74, 6) is 0.132. The largest absolute Gasteiger partial charge is 0.354 e. The minimum Gasteiger partial charge on any atom is -0.354 e. The van der Waals surface area contributed by atoms with E-state index in [9.17, 15) is 4.79 Å². The summed E-state index contributed by atoms with van der Waals surface area (Å²) in [7, 11) is 2.05. The number of rotatable bonds is 4. The third-order valence-corrected chi connectivity index (χ3v) is 3.39. The molecule has 1 saturated heterocycles. The van der Waals surface area contributed by atoms with Gasteiger partial charge in [0.25, 0.3) is 0 Å². The molecule has 0 saturated carbocycles. The first-order valence-corrected chi connectivity index (χ1v) is 6.14. The van der Waals surface area contributed by atoms with Gasteiger partial charge in [0.15, 0.2) is 0 Å². The van der Waals surface area contributed by atoms with Crippen molar-refractivity contribution < 1.29 is 4.79 Å². The second kappa shape index (κ2) is 5.64. The van der Waals surface area contributed by atoms with Crippen LogP contribution in [0.15, 0.2) is 0 Å². The van der Waals surface area contributed by atoms with E-state index in [1.807, 2.05) is 0 Å². The van der Waals surface area contributed by atoms with Crippen LogP contribution in [0, 0.1) is 5.41 Å². The fourth-order valence-corrected chi connectivity index (χ4v) is 1.65. The fourth-order valence-electron chi connectivity index (χ4n) is 1.65. The van der Waals surface area contributed by atoms with E-state index >= 15 is 0 Å². The van der Waals surface area contributed by atoms with Crippen molar-refractivity contribution in [2.75, 3.05) is 33.2 Å². The average molecular weight is 227 g/mol. The molecule has 2 N–H and O–H groups in total. The van der Waals surface area contributed by atoms with E-state index < -0.39 is 0 Å². The minimum atomic E-state index is -0.0496. The highest BCUT2D eigenvalue weighted by atomic mass is 16.2. The molecule has 0 radical (unpaired) electrons. The van der Waals surface area contributed by atoms with Crippen LogP contribution < -0.4 is 10.6 Å². The molecular formula is C12H25N3O. The van der Waals surface area contributed by atoms with E-state index in [2.05, 4.69) is 43.4 Å². The molecule has 1 aliphatic heterocycles. The van der Waals surface area contributed by atoms with Crippen LogP contribution in [-0.2, 0) is 4.79 Å². The quantitative estimate of drug-likeness (QED) is 0.732. The number of piperazine rings is 1. The van der Waals surface area contributed by atoms with Gasteiger partial charge in [-0.25, -0.2) is 0 Å². The Morgan fingerprint density at radius 2 is 2.25 bits per heavy atom. The zero-order chi connectivity index (χ0) is 12.2. The normalized spacial score (nSPS) is 23.1. The highest BCUT2D eigenvalue weighted by Crippen LogP contribution is 2.17. The van der Waals surface area contributed by atoms with Gasteiger partial charge in [-0.15, -0.1) is 0 Å². The first-order chi connectivity index (χ1) is 7.44. The van der Waals surface area contributed by atoms with Crippen LogP contribution >= 0.6 is 0 Å². The molecule has 0 spiro atoms. The highest BCUT2D eigenvalue weighted by Gasteiger charge is 2.24. The van der Waals surface area contributed by atoms with Crippen molar-refractivity contribution in [3.05, 3.63) is 0 Å². The van der Waals surface area contributed by atoms with Gasteiger partial charge in [-0.05, 0) is 18.9 Å². The Bertz CT molecular complexity index is 240. The Kier molecular flexibility index (Phi) is 4.74. The Morgan fingerprint density at radius 3 is 2.81 bits per heavy atom. The summed E-state index contributed by atoms with van der Waals surface area (Å²) in [6, 6.07) is -0.0496. The monoisotopic (exact) mass is 227 g/mol. The van der Waals surface area contributed by atoms with Gasteiger partial charge in [0.05, 0.1) is 6.04 Å². The molecular weight excluding hydrogens is 202 g/mol. The van der Waals surface area contributed by atoms with Crippen molar-refractivity contribution in [2.45, 2.75) is 33.2 Å². The van der Waals surface area contributed by atoms with Crippen molar-refractivity contribution in [1.29, 1.82) is 0 Å². The van der Waals surface area contributed by atoms with Gasteiger partial charge in [0.2, 0.25) is 5.91 Å². The molecule has 0 aromatic rings. The van der Waals surface area contributed by atoms with E-state index in [0.29, 0.717) is 0 Å². The lowest BCUT2D eigenvalue weighted by Gasteiger charge is -2.31. The lowest BCUT2D eigenvalue weighted by Crippen LogP contribution is -2.56. The van der Waals surface area contributed by atoms with E-state index in [-0.39, 0.29) is 17.4 Å². The third kappa shape index (κ3) is 4.10. The molecule has 1 fully saturated rings. The number of hydrogen-bond acceptors (Lipinski definition) is 3. The average Bonchev–Trinajstić information content (AvgIpc) is 2.26. The molecule has 0 bridgehead atoms. The predicted molar refractivity (Wildman–Crippen MR) is 66.4 cm³/mol. The Balaban J connectivity index is 2.34. The summed E-state index contributed by atoms with van der Waals surface area (Å²) in [4.78, 5) is 14.1. The smallest absolute Gasteiger partial charge is 0.238 e. The fraction of sp³-hybridized carbons (Fsp3) is 0.917. The van der Waals surface area contributed by atoms with Gasteiger partial charge in [-0.1, -0.05) is 20.8 Å². The topological polar surface area (TPSA) is 44.4 Å². The second-order valence-electron chi connectivity index (χ2n) is 5.50. The summed E-state index contributed by atoms with van der Waals surface area (Å²) < 4.78 is 0. The molecule has 0 aliphatic carbocycles. The second-order valence-corrected chi connectivity index (χ2v) is 5.50. The van der Waals surface area contributed by atoms with Gasteiger partial charge in [-0.3, -0.25) is 4.79 Å². The summed E-state index contributed by atoms with van der Waals surface area (Å²) in [5, 5.41) is 6.29. The van der Waals surface area contributed by atoms with Crippen molar-refractivity contribution in [1.82, 2.24) is 15.5 Å². The molecule has 1 amide bonds. The number of carbonyl (C=O) groups excluding carboxylic acids is 1. The number of nitrogens with zero attached hydrogens (tertiary/aromatic N) is 1. The Labute approximate surface area is 98.8 Å². The molecule has 1 rings (SSSR count). The van der Waals surface area contributed by atoms with Crippen LogP contribution in [0.2, 0.25) is 0 Å². The molecule has 0 aromatic heterocycles. The van der Waals surface area contributed by atoms with E-state index in [4.69, 9.17) is 0 Å². The number of likely N-dealkylation sites (N-methyl/N-ethyl adjacent to an activating group) is 1. The Hall–Kier alpha value is -0.610. The summed E-state index contributed by atoms with van der Waals surface area (Å²) in [6.07, 6.45) is 1.07. The number of hydrogen-bond donors (Lipinski definition) is 2. The third-order valence-electron chi connectivity index (χ3n) is 3.39. The molecule has 1 aliphatic rings. The van der Waals surface area contributed by atoms with Crippen LogP contribution in [0.3, 0.4) is 0 Å². The predicted octanol–water partition coefficient (Wildman–Crippen LogP) is 0.442. The molecule has 16 heavy (non-hydrogen) atoms. The van der Waals surface area contributed by atoms with Crippen LogP contribution in [0.1, 0.15) is 27.2 Å². The molecule has 94 valence electrons. The first kappa shape index (κ1) is 13.5. The van der Waals surface area contributed by atoms with E-state index in [0.717, 1.165) is 32.6 Å². The zero-order valence-electron chi connectivity index (χ0n) is 11.0. The molecule has 0 aromatic carbocycles. The minimum absolute atomic E-state index is 0.0496. The van der Waals surface area contributed by atoms with Gasteiger partial charge >= 0.3 is 0 Å². The molecule has 1 unspecified atom stereocenters. The lowest BCUT2D eigenvalue weighted by molar-refractivity contribution is -0.124. The first-order valence-electron chi connectivity index (χ1n) is 6.14. The zero-order valence-corrected chi connectivity index (χ0v) is 11.0. The van der Waals surface area contributed by atoms with Gasteiger partial charge in [0, 0.05) is 26.2 Å². The lowest BCUT2D eigenvalue weighted by atomic mass is 9.90. The van der Waals surface area contributed by atoms with Gasteiger partial charge in [0.1, 0.15) is 0 Å². The van der Waals surface area contributed by atoms with Crippen molar-refractivity contribution in [3.8, 4) is 0 Å². The molecule has 1 atom stereocenters. The maximum atomic E-state index is 11.9. The van der Waals surface area contributed by atoms with Crippen LogP contribution in [-0.4, -0.2) is 50.1 Å². The SMILES string of the molecule is CCC(C)(C)CNC(=O)C1CN(C)CCN1. The van der Waals surface area contributed by atoms with E-state index in [1.165, 1.54) is 0 Å². The van der Waals surface area contributed by atoms with Crippen molar-refractivity contribution >= 4 is 5.91 Å². The summed E-state index contributed by atoms with van der Waals surface area (Å²) in [6.45, 7) is 9.97. The van der Waals surface area contributed by atoms with Crippen LogP contribution in [0.4, 0.5) is 0 Å². The standard InChI is InChI=1S/C12H25N3O/c1-5-12(2,3)9-14-11(16)10-8-15(4)7-6-13-10/h10,13H,5-9H2,1-4H3,(H,14,16). The number of carbonyl (C=O) groups is 1. The molecule has 4 nitrogen and oxygen atoms in total. The van der Waals surface area contributed by atoms with Crippen molar-refractivity contribution in [3.63, 3.8) is 0 Å². The Morgan fingerprint density at radius 1 is 1.56 bits per heavy atom.